The highest BCUT2D eigenvalue weighted by Crippen LogP contribution is 2.24. The number of amides is 2. The van der Waals surface area contributed by atoms with Crippen LogP contribution < -0.4 is 5.32 Å². The van der Waals surface area contributed by atoms with Crippen LogP contribution in [0.15, 0.2) is 0 Å². The second-order valence-corrected chi connectivity index (χ2v) is 5.88. The Kier molecular flexibility index (Phi) is 5.40. The van der Waals surface area contributed by atoms with Crippen molar-refractivity contribution in [1.82, 2.24) is 10.2 Å². The van der Waals surface area contributed by atoms with E-state index in [1.807, 2.05) is 11.8 Å². The van der Waals surface area contributed by atoms with Gasteiger partial charge in [-0.3, -0.25) is 9.59 Å². The lowest BCUT2D eigenvalue weighted by molar-refractivity contribution is -0.137. The molecule has 2 aliphatic heterocycles. The van der Waals surface area contributed by atoms with Gasteiger partial charge in [0.05, 0.1) is 0 Å². The summed E-state index contributed by atoms with van der Waals surface area (Å²) in [6, 6.07) is -0.143. The molecule has 114 valence electrons. The second kappa shape index (κ2) is 7.07. The lowest BCUT2D eigenvalue weighted by Gasteiger charge is -2.37. The first-order valence-corrected chi connectivity index (χ1v) is 7.81. The highest BCUT2D eigenvalue weighted by molar-refractivity contribution is 5.90. The molecule has 2 fully saturated rings. The Balaban J connectivity index is 2.07. The smallest absolute Gasteiger partial charge is 0.245 e. The number of hydrogen-bond acceptors (Lipinski definition) is 3. The summed E-state index contributed by atoms with van der Waals surface area (Å²) in [6.45, 7) is 6.27. The number of carbonyl (C=O) groups is 2. The number of hydrogen-bond donors (Lipinski definition) is 1. The lowest BCUT2D eigenvalue weighted by atomic mass is 9.91. The van der Waals surface area contributed by atoms with Crippen LogP contribution >= 0.6 is 0 Å². The highest BCUT2D eigenvalue weighted by Gasteiger charge is 2.35. The summed E-state index contributed by atoms with van der Waals surface area (Å²) in [5.41, 5.74) is 0. The number of nitrogens with one attached hydrogen (secondary N) is 1. The maximum atomic E-state index is 12.6. The van der Waals surface area contributed by atoms with Gasteiger partial charge in [-0.15, -0.1) is 0 Å². The Morgan fingerprint density at radius 2 is 2.05 bits per heavy atom. The van der Waals surface area contributed by atoms with Gasteiger partial charge in [-0.05, 0) is 32.1 Å². The van der Waals surface area contributed by atoms with Crippen LogP contribution in [0, 0.1) is 5.92 Å². The zero-order valence-electron chi connectivity index (χ0n) is 12.6. The molecule has 2 saturated heterocycles. The topological polar surface area (TPSA) is 58.6 Å². The van der Waals surface area contributed by atoms with Gasteiger partial charge < -0.3 is 15.0 Å². The van der Waals surface area contributed by atoms with Gasteiger partial charge >= 0.3 is 0 Å². The molecule has 0 aromatic rings. The molecule has 0 aliphatic carbocycles. The standard InChI is InChI=1S/C15H26N2O3/c1-3-4-13-15(19)17(8-5-14(18)16-13)11(2)12-6-9-20-10-7-12/h11-13H,3-10H2,1-2H3,(H,16,18). The molecule has 0 aromatic heterocycles. The predicted molar refractivity (Wildman–Crippen MR) is 76.2 cm³/mol. The zero-order valence-corrected chi connectivity index (χ0v) is 12.6. The number of nitrogens with zero attached hydrogens (tertiary/aromatic N) is 1. The summed E-state index contributed by atoms with van der Waals surface area (Å²) in [7, 11) is 0. The maximum Gasteiger partial charge on any atom is 0.245 e. The Hall–Kier alpha value is -1.10. The van der Waals surface area contributed by atoms with Gasteiger partial charge in [0.25, 0.3) is 0 Å². The van der Waals surface area contributed by atoms with Crippen molar-refractivity contribution in [3.05, 3.63) is 0 Å². The summed E-state index contributed by atoms with van der Waals surface area (Å²) >= 11 is 0. The van der Waals surface area contributed by atoms with E-state index in [9.17, 15) is 9.59 Å². The average Bonchev–Trinajstić information content (AvgIpc) is 2.60. The van der Waals surface area contributed by atoms with E-state index in [-0.39, 0.29) is 23.9 Å². The molecule has 0 saturated carbocycles. The van der Waals surface area contributed by atoms with Crippen molar-refractivity contribution in [3.8, 4) is 0 Å². The molecule has 1 N–H and O–H groups in total. The molecule has 20 heavy (non-hydrogen) atoms. The van der Waals surface area contributed by atoms with Gasteiger partial charge in [0.2, 0.25) is 11.8 Å². The lowest BCUT2D eigenvalue weighted by Crippen LogP contribution is -2.50. The Bertz CT molecular complexity index is 353. The predicted octanol–water partition coefficient (Wildman–Crippen LogP) is 1.32. The Morgan fingerprint density at radius 1 is 1.35 bits per heavy atom. The first-order chi connectivity index (χ1) is 9.63. The monoisotopic (exact) mass is 282 g/mol. The minimum absolute atomic E-state index is 0.00141. The number of carbonyl (C=O) groups excluding carboxylic acids is 2. The van der Waals surface area contributed by atoms with E-state index in [0.717, 1.165) is 38.9 Å². The average molecular weight is 282 g/mol. The van der Waals surface area contributed by atoms with Crippen molar-refractivity contribution in [3.63, 3.8) is 0 Å². The van der Waals surface area contributed by atoms with Crippen LogP contribution in [-0.4, -0.2) is 48.6 Å². The summed E-state index contributed by atoms with van der Waals surface area (Å²) in [6.07, 6.45) is 4.05. The molecule has 2 atom stereocenters. The first kappa shape index (κ1) is 15.3. The van der Waals surface area contributed by atoms with E-state index >= 15 is 0 Å². The molecule has 2 heterocycles. The van der Waals surface area contributed by atoms with Crippen LogP contribution in [0.5, 0.6) is 0 Å². The van der Waals surface area contributed by atoms with E-state index < -0.39 is 0 Å². The molecule has 2 unspecified atom stereocenters. The minimum Gasteiger partial charge on any atom is -0.381 e. The molecule has 5 nitrogen and oxygen atoms in total. The highest BCUT2D eigenvalue weighted by atomic mass is 16.5. The SMILES string of the molecule is CCCC1NC(=O)CCN(C(C)C2CCOCC2)C1=O. The fourth-order valence-electron chi connectivity index (χ4n) is 3.20. The molecule has 0 bridgehead atoms. The summed E-state index contributed by atoms with van der Waals surface area (Å²) in [5, 5.41) is 2.86. The minimum atomic E-state index is -0.336. The molecule has 5 heteroatoms. The summed E-state index contributed by atoms with van der Waals surface area (Å²) in [5.74, 6) is 0.582. The van der Waals surface area contributed by atoms with Crippen molar-refractivity contribution in [2.24, 2.45) is 5.92 Å². The van der Waals surface area contributed by atoms with Gasteiger partial charge in [-0.1, -0.05) is 13.3 Å². The molecule has 2 amide bonds. The van der Waals surface area contributed by atoms with Crippen molar-refractivity contribution >= 4 is 11.8 Å². The molecule has 0 radical (unpaired) electrons. The number of rotatable bonds is 4. The number of ether oxygens (including phenoxy) is 1. The van der Waals surface area contributed by atoms with Crippen LogP contribution in [0.4, 0.5) is 0 Å². The van der Waals surface area contributed by atoms with Gasteiger partial charge in [0.1, 0.15) is 6.04 Å². The molecule has 0 spiro atoms. The van der Waals surface area contributed by atoms with Crippen LogP contribution in [-0.2, 0) is 14.3 Å². The zero-order chi connectivity index (χ0) is 14.5. The van der Waals surface area contributed by atoms with E-state index in [1.165, 1.54) is 0 Å². The van der Waals surface area contributed by atoms with Gasteiger partial charge in [0.15, 0.2) is 0 Å². The third kappa shape index (κ3) is 3.51. The molecular weight excluding hydrogens is 256 g/mol. The fourth-order valence-corrected chi connectivity index (χ4v) is 3.20. The summed E-state index contributed by atoms with van der Waals surface area (Å²) < 4.78 is 5.40. The quantitative estimate of drug-likeness (QED) is 0.846. The van der Waals surface area contributed by atoms with E-state index in [1.54, 1.807) is 0 Å². The molecule has 2 aliphatic rings. The van der Waals surface area contributed by atoms with Crippen LogP contribution in [0.25, 0.3) is 0 Å². The second-order valence-electron chi connectivity index (χ2n) is 5.88. The van der Waals surface area contributed by atoms with Crippen molar-refractivity contribution < 1.29 is 14.3 Å². The fraction of sp³-hybridized carbons (Fsp3) is 0.867. The van der Waals surface area contributed by atoms with Gasteiger partial charge in [-0.2, -0.15) is 0 Å². The normalized spacial score (nSPS) is 27.1. The van der Waals surface area contributed by atoms with Crippen molar-refractivity contribution in [2.75, 3.05) is 19.8 Å². The molecule has 2 rings (SSSR count). The van der Waals surface area contributed by atoms with E-state index in [0.29, 0.717) is 18.9 Å². The summed E-state index contributed by atoms with van der Waals surface area (Å²) in [4.78, 5) is 26.3. The Morgan fingerprint density at radius 3 is 2.70 bits per heavy atom. The van der Waals surface area contributed by atoms with Crippen molar-refractivity contribution in [1.29, 1.82) is 0 Å². The third-order valence-corrected chi connectivity index (χ3v) is 4.51. The van der Waals surface area contributed by atoms with Crippen molar-refractivity contribution in [2.45, 2.75) is 58.0 Å². The van der Waals surface area contributed by atoms with Gasteiger partial charge in [0, 0.05) is 32.2 Å². The molecular formula is C15H26N2O3. The molecule has 0 aromatic carbocycles. The largest absolute Gasteiger partial charge is 0.381 e. The first-order valence-electron chi connectivity index (χ1n) is 7.81. The third-order valence-electron chi connectivity index (χ3n) is 4.51. The van der Waals surface area contributed by atoms with Gasteiger partial charge in [-0.25, -0.2) is 0 Å². The maximum absolute atomic E-state index is 12.6. The van der Waals surface area contributed by atoms with E-state index in [4.69, 9.17) is 4.74 Å². The van der Waals surface area contributed by atoms with Crippen LogP contribution in [0.2, 0.25) is 0 Å². The Labute approximate surface area is 121 Å². The van der Waals surface area contributed by atoms with Crippen LogP contribution in [0.3, 0.4) is 0 Å². The van der Waals surface area contributed by atoms with E-state index in [2.05, 4.69) is 12.2 Å². The van der Waals surface area contributed by atoms with Crippen LogP contribution in [0.1, 0.15) is 46.0 Å².